The molecule has 0 heterocycles. The van der Waals surface area contributed by atoms with Gasteiger partial charge < -0.3 is 0 Å². The van der Waals surface area contributed by atoms with Crippen molar-refractivity contribution in [3.8, 4) is 0 Å². The van der Waals surface area contributed by atoms with Crippen molar-refractivity contribution in [2.45, 2.75) is 32.1 Å². The van der Waals surface area contributed by atoms with Crippen LogP contribution in [0.4, 0.5) is 0 Å². The maximum Gasteiger partial charge on any atom is 0.386 e. The zero-order valence-corrected chi connectivity index (χ0v) is 14.1. The molecule has 25 heavy (non-hydrogen) atoms. The van der Waals surface area contributed by atoms with Gasteiger partial charge in [0.1, 0.15) is 0 Å². The molecule has 0 fully saturated rings. The molecule has 5 nitrogen and oxygen atoms in total. The highest BCUT2D eigenvalue weighted by Gasteiger charge is 2.32. The Bertz CT molecular complexity index is 836. The molecule has 0 unspecified atom stereocenters. The summed E-state index contributed by atoms with van der Waals surface area (Å²) >= 11 is 0. The second-order valence-corrected chi connectivity index (χ2v) is 6.68. The molecule has 2 aromatic rings. The van der Waals surface area contributed by atoms with E-state index >= 15 is 0 Å². The zero-order valence-electron chi connectivity index (χ0n) is 14.1. The van der Waals surface area contributed by atoms with Gasteiger partial charge in [-0.1, -0.05) is 38.1 Å². The third-order valence-corrected chi connectivity index (χ3v) is 4.46. The summed E-state index contributed by atoms with van der Waals surface area (Å²) < 4.78 is 0. The van der Waals surface area contributed by atoms with Crippen LogP contribution in [0.15, 0.2) is 48.5 Å². The van der Waals surface area contributed by atoms with Gasteiger partial charge in [-0.15, -0.1) is 0 Å². The summed E-state index contributed by atoms with van der Waals surface area (Å²) in [5.74, 6) is -1.57. The van der Waals surface area contributed by atoms with E-state index in [4.69, 9.17) is 0 Å². The van der Waals surface area contributed by atoms with Crippen molar-refractivity contribution >= 4 is 17.7 Å². The molecule has 0 saturated heterocycles. The Kier molecular flexibility index (Phi) is 4.40. The largest absolute Gasteiger partial charge is 0.386 e. The number of carbonyl (C=O) groups is 3. The Labute approximate surface area is 145 Å². The van der Waals surface area contributed by atoms with Gasteiger partial charge in [-0.05, 0) is 41.7 Å². The summed E-state index contributed by atoms with van der Waals surface area (Å²) in [4.78, 5) is 45.3. The number of fused-ring (bicyclic) bond motifs is 1. The van der Waals surface area contributed by atoms with Crippen molar-refractivity contribution in [3.05, 3.63) is 70.8 Å². The minimum absolute atomic E-state index is 0.00487. The van der Waals surface area contributed by atoms with Gasteiger partial charge in [0.25, 0.3) is 0 Å². The lowest BCUT2D eigenvalue weighted by Crippen LogP contribution is -2.27. The predicted molar refractivity (Wildman–Crippen MR) is 90.3 cm³/mol. The molecule has 0 bridgehead atoms. The number of rotatable bonds is 2. The van der Waals surface area contributed by atoms with Crippen molar-refractivity contribution in [3.63, 3.8) is 0 Å². The second kappa shape index (κ2) is 6.51. The van der Waals surface area contributed by atoms with Gasteiger partial charge in [-0.3, -0.25) is 4.79 Å². The Morgan fingerprint density at radius 2 is 1.56 bits per heavy atom. The van der Waals surface area contributed by atoms with E-state index in [9.17, 15) is 14.4 Å². The first-order valence-corrected chi connectivity index (χ1v) is 8.04. The molecule has 5 heteroatoms. The van der Waals surface area contributed by atoms with Crippen LogP contribution >= 0.6 is 0 Å². The standard InChI is InChI=1S/C20H18O5/c1-20(2)11-10-17(21)15-12-14(8-9-16(15)20)19(23)25-24-18(22)13-6-4-3-5-7-13/h3-9,12H,10-11H2,1-2H3. The molecule has 128 valence electrons. The van der Waals surface area contributed by atoms with Gasteiger partial charge in [-0.25, -0.2) is 19.4 Å². The summed E-state index contributed by atoms with van der Waals surface area (Å²) in [6, 6.07) is 13.1. The fraction of sp³-hybridized carbons (Fsp3) is 0.250. The predicted octanol–water partition coefficient (Wildman–Crippen LogP) is 3.87. The minimum Gasteiger partial charge on any atom is -0.294 e. The zero-order chi connectivity index (χ0) is 18.0. The lowest BCUT2D eigenvalue weighted by atomic mass is 9.72. The Balaban J connectivity index is 1.74. The number of Topliss-reactive ketones (excluding diaryl/α,β-unsaturated/α-hetero) is 1. The van der Waals surface area contributed by atoms with E-state index in [0.717, 1.165) is 12.0 Å². The topological polar surface area (TPSA) is 69.7 Å². The smallest absolute Gasteiger partial charge is 0.294 e. The monoisotopic (exact) mass is 338 g/mol. The molecular weight excluding hydrogens is 320 g/mol. The van der Waals surface area contributed by atoms with Crippen LogP contribution in [0, 0.1) is 0 Å². The lowest BCUT2D eigenvalue weighted by molar-refractivity contribution is -0.187. The van der Waals surface area contributed by atoms with Gasteiger partial charge in [0, 0.05) is 12.0 Å². The fourth-order valence-electron chi connectivity index (χ4n) is 2.93. The molecule has 1 aliphatic carbocycles. The van der Waals surface area contributed by atoms with E-state index in [2.05, 4.69) is 23.6 Å². The third kappa shape index (κ3) is 3.45. The summed E-state index contributed by atoms with van der Waals surface area (Å²) in [6.45, 7) is 4.13. The van der Waals surface area contributed by atoms with Gasteiger partial charge in [0.05, 0.1) is 11.1 Å². The van der Waals surface area contributed by atoms with Crippen molar-refractivity contribution in [1.82, 2.24) is 0 Å². The molecule has 0 N–H and O–H groups in total. The van der Waals surface area contributed by atoms with Gasteiger partial charge in [-0.2, -0.15) is 0 Å². The molecular formula is C20H18O5. The van der Waals surface area contributed by atoms with E-state index in [0.29, 0.717) is 12.0 Å². The first-order chi connectivity index (χ1) is 11.9. The van der Waals surface area contributed by atoms with Crippen molar-refractivity contribution in [2.24, 2.45) is 0 Å². The number of ketones is 1. The molecule has 0 radical (unpaired) electrons. The summed E-state index contributed by atoms with van der Waals surface area (Å²) in [6.07, 6.45) is 1.22. The summed E-state index contributed by atoms with van der Waals surface area (Å²) in [5, 5.41) is 0. The van der Waals surface area contributed by atoms with Crippen molar-refractivity contribution < 1.29 is 24.2 Å². The minimum atomic E-state index is -0.816. The van der Waals surface area contributed by atoms with Gasteiger partial charge in [0.2, 0.25) is 0 Å². The van der Waals surface area contributed by atoms with E-state index in [1.165, 1.54) is 6.07 Å². The van der Waals surface area contributed by atoms with Crippen LogP contribution < -0.4 is 0 Å². The molecule has 0 spiro atoms. The van der Waals surface area contributed by atoms with Crippen LogP contribution in [0.1, 0.15) is 63.3 Å². The number of hydrogen-bond donors (Lipinski definition) is 0. The van der Waals surface area contributed by atoms with Crippen LogP contribution in [0.5, 0.6) is 0 Å². The summed E-state index contributed by atoms with van der Waals surface area (Å²) in [7, 11) is 0. The molecule has 0 aliphatic heterocycles. The maximum atomic E-state index is 12.2. The number of hydrogen-bond acceptors (Lipinski definition) is 5. The highest BCUT2D eigenvalue weighted by molar-refractivity contribution is 6.01. The lowest BCUT2D eigenvalue weighted by Gasteiger charge is -2.31. The third-order valence-electron chi connectivity index (χ3n) is 4.46. The quantitative estimate of drug-likeness (QED) is 0.614. The molecule has 2 aromatic carbocycles. The first-order valence-electron chi connectivity index (χ1n) is 8.04. The van der Waals surface area contributed by atoms with E-state index < -0.39 is 11.9 Å². The van der Waals surface area contributed by atoms with Crippen LogP contribution in [0.25, 0.3) is 0 Å². The molecule has 0 atom stereocenters. The van der Waals surface area contributed by atoms with Crippen LogP contribution in [-0.2, 0) is 15.2 Å². The Morgan fingerprint density at radius 1 is 0.920 bits per heavy atom. The normalized spacial score (nSPS) is 15.2. The average molecular weight is 338 g/mol. The van der Waals surface area contributed by atoms with Crippen molar-refractivity contribution in [1.29, 1.82) is 0 Å². The number of carbonyl (C=O) groups excluding carboxylic acids is 3. The Morgan fingerprint density at radius 3 is 2.24 bits per heavy atom. The first kappa shape index (κ1) is 16.9. The molecule has 1 aliphatic rings. The Hall–Kier alpha value is -2.95. The average Bonchev–Trinajstić information content (AvgIpc) is 2.63. The highest BCUT2D eigenvalue weighted by Crippen LogP contribution is 2.37. The van der Waals surface area contributed by atoms with Crippen LogP contribution in [0.2, 0.25) is 0 Å². The SMILES string of the molecule is CC1(C)CCC(=O)c2cc(C(=O)OOC(=O)c3ccccc3)ccc21. The highest BCUT2D eigenvalue weighted by atomic mass is 17.2. The molecule has 0 aromatic heterocycles. The molecule has 3 rings (SSSR count). The van der Waals surface area contributed by atoms with E-state index in [1.54, 1.807) is 42.5 Å². The summed E-state index contributed by atoms with van der Waals surface area (Å²) in [5.41, 5.74) is 1.77. The maximum absolute atomic E-state index is 12.2. The van der Waals surface area contributed by atoms with E-state index in [-0.39, 0.29) is 22.3 Å². The second-order valence-electron chi connectivity index (χ2n) is 6.68. The molecule has 0 amide bonds. The van der Waals surface area contributed by atoms with Gasteiger partial charge >= 0.3 is 11.9 Å². The molecule has 0 saturated carbocycles. The van der Waals surface area contributed by atoms with Crippen LogP contribution in [-0.4, -0.2) is 17.7 Å². The van der Waals surface area contributed by atoms with Crippen LogP contribution in [0.3, 0.4) is 0 Å². The van der Waals surface area contributed by atoms with E-state index in [1.807, 2.05) is 0 Å². The number of benzene rings is 2. The van der Waals surface area contributed by atoms with Crippen molar-refractivity contribution in [2.75, 3.05) is 0 Å². The van der Waals surface area contributed by atoms with Gasteiger partial charge in [0.15, 0.2) is 5.78 Å². The fourth-order valence-corrected chi connectivity index (χ4v) is 2.93.